The van der Waals surface area contributed by atoms with Crippen LogP contribution in [0.25, 0.3) is 11.0 Å². The van der Waals surface area contributed by atoms with E-state index in [1.54, 1.807) is 0 Å². The van der Waals surface area contributed by atoms with E-state index in [9.17, 15) is 0 Å². The molecule has 1 fully saturated rings. The summed E-state index contributed by atoms with van der Waals surface area (Å²) in [5.41, 5.74) is 2.19. The number of pyridine rings is 1. The number of imidazole rings is 1. The highest BCUT2D eigenvalue weighted by Crippen LogP contribution is 2.38. The molecule has 2 aromatic rings. The predicted molar refractivity (Wildman–Crippen MR) is 60.2 cm³/mol. The second-order valence-corrected chi connectivity index (χ2v) is 4.31. The van der Waals surface area contributed by atoms with E-state index in [-0.39, 0.29) is 0 Å². The molecule has 1 aliphatic rings. The quantitative estimate of drug-likeness (QED) is 0.746. The number of nitrogens with zero attached hydrogens (tertiary/aromatic N) is 3. The van der Waals surface area contributed by atoms with E-state index in [2.05, 4.69) is 14.5 Å². The van der Waals surface area contributed by atoms with Gasteiger partial charge in [0, 0.05) is 24.5 Å². The van der Waals surface area contributed by atoms with Crippen LogP contribution in [0.1, 0.15) is 24.7 Å². The van der Waals surface area contributed by atoms with Crippen molar-refractivity contribution in [3.8, 4) is 0 Å². The molecule has 0 N–H and O–H groups in total. The van der Waals surface area contributed by atoms with Crippen molar-refractivity contribution in [2.24, 2.45) is 0 Å². The van der Waals surface area contributed by atoms with Gasteiger partial charge in [-0.2, -0.15) is 0 Å². The summed E-state index contributed by atoms with van der Waals surface area (Å²) in [5.74, 6) is 1.74. The van der Waals surface area contributed by atoms with Crippen molar-refractivity contribution >= 4 is 22.6 Å². The third-order valence-corrected chi connectivity index (χ3v) is 2.98. The second kappa shape index (κ2) is 3.49. The zero-order chi connectivity index (χ0) is 10.3. The number of hydrogen-bond donors (Lipinski definition) is 0. The highest BCUT2D eigenvalue weighted by Gasteiger charge is 2.27. The molecule has 1 aliphatic carbocycles. The zero-order valence-corrected chi connectivity index (χ0v) is 9.11. The van der Waals surface area contributed by atoms with Gasteiger partial charge in [0.2, 0.25) is 0 Å². The van der Waals surface area contributed by atoms with Gasteiger partial charge in [0.15, 0.2) is 0 Å². The van der Waals surface area contributed by atoms with E-state index in [4.69, 9.17) is 11.6 Å². The number of fused-ring (bicyclic) bond motifs is 1. The summed E-state index contributed by atoms with van der Waals surface area (Å²) in [5, 5.41) is 0. The van der Waals surface area contributed by atoms with Gasteiger partial charge in [0.1, 0.15) is 11.3 Å². The van der Waals surface area contributed by atoms with Crippen LogP contribution in [0.5, 0.6) is 0 Å². The Morgan fingerprint density at radius 2 is 2.33 bits per heavy atom. The number of aryl methyl sites for hydroxylation is 1. The monoisotopic (exact) mass is 221 g/mol. The molecule has 3 rings (SSSR count). The first-order chi connectivity index (χ1) is 7.40. The van der Waals surface area contributed by atoms with Crippen LogP contribution in [0, 0.1) is 0 Å². The van der Waals surface area contributed by atoms with Crippen LogP contribution >= 0.6 is 11.6 Å². The van der Waals surface area contributed by atoms with Crippen molar-refractivity contribution in [1.82, 2.24) is 14.5 Å². The highest BCUT2D eigenvalue weighted by atomic mass is 35.5. The molecule has 0 amide bonds. The summed E-state index contributed by atoms with van der Waals surface area (Å²) in [7, 11) is 0. The van der Waals surface area contributed by atoms with Crippen LogP contribution in [0.3, 0.4) is 0 Å². The Labute approximate surface area is 93.1 Å². The summed E-state index contributed by atoms with van der Waals surface area (Å²) in [6, 6.07) is 2.69. The molecule has 0 spiro atoms. The fraction of sp³-hybridized carbons (Fsp3) is 0.455. The molecule has 0 saturated heterocycles. The predicted octanol–water partition coefficient (Wildman–Crippen LogP) is 2.55. The van der Waals surface area contributed by atoms with E-state index in [0.29, 0.717) is 11.9 Å². The fourth-order valence-corrected chi connectivity index (χ4v) is 2.17. The minimum atomic E-state index is 0.628. The standard InChI is InChI=1S/C11H12ClN3/c12-5-3-11-14-9-7-13-6-4-10(9)15(11)8-1-2-8/h4,6-8H,1-3,5H2. The van der Waals surface area contributed by atoms with Crippen molar-refractivity contribution in [2.75, 3.05) is 5.88 Å². The smallest absolute Gasteiger partial charge is 0.111 e. The van der Waals surface area contributed by atoms with Crippen LogP contribution in [0.2, 0.25) is 0 Å². The van der Waals surface area contributed by atoms with Crippen LogP contribution in [-0.4, -0.2) is 20.4 Å². The molecular weight excluding hydrogens is 210 g/mol. The Bertz CT molecular complexity index is 488. The number of rotatable bonds is 3. The number of aromatic nitrogens is 3. The van der Waals surface area contributed by atoms with E-state index in [0.717, 1.165) is 17.8 Å². The number of hydrogen-bond acceptors (Lipinski definition) is 2. The minimum absolute atomic E-state index is 0.628. The first-order valence-electron chi connectivity index (χ1n) is 5.27. The molecule has 2 heterocycles. The SMILES string of the molecule is ClCCc1nc2cnccc2n1C1CC1. The van der Waals surface area contributed by atoms with Crippen LogP contribution in [0.15, 0.2) is 18.5 Å². The minimum Gasteiger partial charge on any atom is -0.325 e. The first-order valence-corrected chi connectivity index (χ1v) is 5.80. The molecule has 1 saturated carbocycles. The van der Waals surface area contributed by atoms with Gasteiger partial charge in [-0.3, -0.25) is 4.98 Å². The van der Waals surface area contributed by atoms with Gasteiger partial charge in [-0.25, -0.2) is 4.98 Å². The molecule has 0 unspecified atom stereocenters. The van der Waals surface area contributed by atoms with E-state index in [1.165, 1.54) is 18.4 Å². The summed E-state index contributed by atoms with van der Waals surface area (Å²) in [4.78, 5) is 8.68. The lowest BCUT2D eigenvalue weighted by molar-refractivity contribution is 0.709. The topological polar surface area (TPSA) is 30.7 Å². The molecule has 0 atom stereocenters. The van der Waals surface area contributed by atoms with Crippen LogP contribution in [-0.2, 0) is 6.42 Å². The zero-order valence-electron chi connectivity index (χ0n) is 8.36. The second-order valence-electron chi connectivity index (χ2n) is 3.93. The fourth-order valence-electron chi connectivity index (χ4n) is 2.00. The number of alkyl halides is 1. The Balaban J connectivity index is 2.19. The Kier molecular flexibility index (Phi) is 2.13. The molecule has 0 aliphatic heterocycles. The van der Waals surface area contributed by atoms with E-state index < -0.39 is 0 Å². The third-order valence-electron chi connectivity index (χ3n) is 2.79. The Hall–Kier alpha value is -1.09. The third kappa shape index (κ3) is 1.51. The number of halogens is 1. The maximum atomic E-state index is 5.79. The van der Waals surface area contributed by atoms with Gasteiger partial charge in [-0.1, -0.05) is 0 Å². The van der Waals surface area contributed by atoms with Gasteiger partial charge in [-0.15, -0.1) is 11.6 Å². The summed E-state index contributed by atoms with van der Waals surface area (Å²) < 4.78 is 2.33. The summed E-state index contributed by atoms with van der Waals surface area (Å²) >= 11 is 5.79. The molecule has 0 aromatic carbocycles. The van der Waals surface area contributed by atoms with E-state index in [1.807, 2.05) is 18.5 Å². The normalized spacial score (nSPS) is 16.1. The maximum absolute atomic E-state index is 5.79. The molecule has 15 heavy (non-hydrogen) atoms. The molecule has 2 aromatic heterocycles. The lowest BCUT2D eigenvalue weighted by Crippen LogP contribution is -2.02. The molecule has 0 radical (unpaired) electrons. The average molecular weight is 222 g/mol. The van der Waals surface area contributed by atoms with Gasteiger partial charge < -0.3 is 4.57 Å². The summed E-state index contributed by atoms with van der Waals surface area (Å²) in [6.07, 6.45) is 7.03. The van der Waals surface area contributed by atoms with Crippen LogP contribution < -0.4 is 0 Å². The van der Waals surface area contributed by atoms with Gasteiger partial charge in [0.25, 0.3) is 0 Å². The van der Waals surface area contributed by atoms with Crippen molar-refractivity contribution in [3.05, 3.63) is 24.3 Å². The molecule has 78 valence electrons. The largest absolute Gasteiger partial charge is 0.325 e. The van der Waals surface area contributed by atoms with Crippen molar-refractivity contribution in [1.29, 1.82) is 0 Å². The highest BCUT2D eigenvalue weighted by molar-refractivity contribution is 6.17. The van der Waals surface area contributed by atoms with Crippen molar-refractivity contribution in [2.45, 2.75) is 25.3 Å². The Morgan fingerprint density at radius 1 is 1.47 bits per heavy atom. The Morgan fingerprint density at radius 3 is 3.07 bits per heavy atom. The van der Waals surface area contributed by atoms with Gasteiger partial charge >= 0.3 is 0 Å². The van der Waals surface area contributed by atoms with Gasteiger partial charge in [0.05, 0.1) is 11.7 Å². The van der Waals surface area contributed by atoms with Crippen LogP contribution in [0.4, 0.5) is 0 Å². The molecule has 4 heteroatoms. The lowest BCUT2D eigenvalue weighted by Gasteiger charge is -2.05. The molecular formula is C11H12ClN3. The molecule has 0 bridgehead atoms. The lowest BCUT2D eigenvalue weighted by atomic mass is 10.4. The van der Waals surface area contributed by atoms with E-state index >= 15 is 0 Å². The summed E-state index contributed by atoms with van der Waals surface area (Å²) in [6.45, 7) is 0. The maximum Gasteiger partial charge on any atom is 0.111 e. The van der Waals surface area contributed by atoms with Crippen molar-refractivity contribution in [3.63, 3.8) is 0 Å². The average Bonchev–Trinajstić information content (AvgIpc) is 3.01. The van der Waals surface area contributed by atoms with Gasteiger partial charge in [-0.05, 0) is 18.9 Å². The molecule has 3 nitrogen and oxygen atoms in total. The first kappa shape index (κ1) is 9.16. The van der Waals surface area contributed by atoms with Crippen molar-refractivity contribution < 1.29 is 0 Å².